The second kappa shape index (κ2) is 4.74. The lowest BCUT2D eigenvalue weighted by atomic mass is 10.1. The zero-order valence-electron chi connectivity index (χ0n) is 8.12. The molecule has 0 fully saturated rings. The van der Waals surface area contributed by atoms with E-state index in [0.717, 1.165) is 12.1 Å². The number of aliphatic carboxylic acids is 1. The van der Waals surface area contributed by atoms with Crippen LogP contribution in [-0.4, -0.2) is 20.9 Å². The lowest BCUT2D eigenvalue weighted by molar-refractivity contribution is -0.395. The van der Waals surface area contributed by atoms with Gasteiger partial charge in [0.1, 0.15) is 5.56 Å². The Morgan fingerprint density at radius 2 is 1.65 bits per heavy atom. The molecule has 0 aromatic heterocycles. The van der Waals surface area contributed by atoms with Gasteiger partial charge < -0.3 is 5.11 Å². The lowest BCUT2D eigenvalue weighted by Crippen LogP contribution is -2.07. The number of hydrogen-bond acceptors (Lipinski definition) is 5. The maximum Gasteiger partial charge on any atom is 0.308 e. The number of hydrogen-bond donors (Lipinski definition) is 1. The topological polar surface area (TPSA) is 124 Å². The van der Waals surface area contributed by atoms with Crippen LogP contribution in [0.25, 0.3) is 0 Å². The third kappa shape index (κ3) is 2.88. The number of nitro groups is 2. The molecule has 1 rings (SSSR count). The van der Waals surface area contributed by atoms with Crippen molar-refractivity contribution in [3.8, 4) is 0 Å². The van der Waals surface area contributed by atoms with Gasteiger partial charge in [-0.1, -0.05) is 11.6 Å². The highest BCUT2D eigenvalue weighted by Crippen LogP contribution is 2.32. The molecule has 0 amide bonds. The van der Waals surface area contributed by atoms with Gasteiger partial charge in [0.15, 0.2) is 0 Å². The van der Waals surface area contributed by atoms with Crippen LogP contribution in [-0.2, 0) is 11.2 Å². The van der Waals surface area contributed by atoms with Gasteiger partial charge in [-0.05, 0) is 0 Å². The molecule has 0 atom stereocenters. The summed E-state index contributed by atoms with van der Waals surface area (Å²) in [6.07, 6.45) is -0.816. The van der Waals surface area contributed by atoms with Crippen molar-refractivity contribution in [1.29, 1.82) is 0 Å². The molecular weight excluding hydrogens is 256 g/mol. The Morgan fingerprint density at radius 1 is 1.24 bits per heavy atom. The summed E-state index contributed by atoms with van der Waals surface area (Å²) in [6.45, 7) is 0. The van der Waals surface area contributed by atoms with E-state index in [9.17, 15) is 25.0 Å². The Labute approximate surface area is 98.7 Å². The first-order valence-electron chi connectivity index (χ1n) is 4.16. The molecule has 0 saturated carbocycles. The quantitative estimate of drug-likeness (QED) is 0.650. The van der Waals surface area contributed by atoms with Gasteiger partial charge in [0, 0.05) is 12.1 Å². The maximum absolute atomic E-state index is 10.7. The van der Waals surface area contributed by atoms with E-state index in [1.165, 1.54) is 0 Å². The molecule has 0 spiro atoms. The fourth-order valence-corrected chi connectivity index (χ4v) is 1.47. The van der Waals surface area contributed by atoms with Crippen molar-refractivity contribution < 1.29 is 19.7 Å². The van der Waals surface area contributed by atoms with Crippen molar-refractivity contribution in [3.05, 3.63) is 42.9 Å². The molecule has 0 aliphatic rings. The van der Waals surface area contributed by atoms with Crippen molar-refractivity contribution in [2.75, 3.05) is 0 Å². The van der Waals surface area contributed by atoms with Crippen LogP contribution >= 0.6 is 11.6 Å². The first kappa shape index (κ1) is 12.8. The number of nitro benzene ring substituents is 2. The van der Waals surface area contributed by atoms with E-state index in [1.54, 1.807) is 0 Å². The molecule has 0 aliphatic carbocycles. The van der Waals surface area contributed by atoms with Crippen molar-refractivity contribution in [1.82, 2.24) is 0 Å². The highest BCUT2D eigenvalue weighted by Gasteiger charge is 2.27. The average Bonchev–Trinajstić information content (AvgIpc) is 2.18. The predicted molar refractivity (Wildman–Crippen MR) is 56.1 cm³/mol. The maximum atomic E-state index is 10.7. The number of carboxylic acids is 1. The van der Waals surface area contributed by atoms with E-state index in [-0.39, 0.29) is 5.02 Å². The minimum absolute atomic E-state index is 0.197. The van der Waals surface area contributed by atoms with Crippen molar-refractivity contribution in [2.24, 2.45) is 0 Å². The van der Waals surface area contributed by atoms with Crippen LogP contribution in [0.3, 0.4) is 0 Å². The fraction of sp³-hybridized carbons (Fsp3) is 0.125. The van der Waals surface area contributed by atoms with E-state index < -0.39 is 39.2 Å². The molecular formula is C8H5ClN2O6. The summed E-state index contributed by atoms with van der Waals surface area (Å²) < 4.78 is 0. The van der Waals surface area contributed by atoms with E-state index in [2.05, 4.69) is 0 Å². The molecule has 1 aromatic rings. The molecule has 1 aromatic carbocycles. The summed E-state index contributed by atoms with van der Waals surface area (Å²) in [6, 6.07) is 1.76. The Bertz CT molecular complexity index is 480. The average molecular weight is 261 g/mol. The minimum atomic E-state index is -1.40. The summed E-state index contributed by atoms with van der Waals surface area (Å²) in [5.41, 5.74) is -1.82. The van der Waals surface area contributed by atoms with E-state index in [4.69, 9.17) is 16.7 Å². The molecule has 0 bridgehead atoms. The summed E-state index contributed by atoms with van der Waals surface area (Å²) in [7, 11) is 0. The summed E-state index contributed by atoms with van der Waals surface area (Å²) >= 11 is 5.49. The summed E-state index contributed by atoms with van der Waals surface area (Å²) in [5.74, 6) is -1.40. The molecule has 8 nitrogen and oxygen atoms in total. The number of benzene rings is 1. The van der Waals surface area contributed by atoms with Crippen LogP contribution < -0.4 is 0 Å². The first-order valence-corrected chi connectivity index (χ1v) is 4.53. The predicted octanol–water partition coefficient (Wildman–Crippen LogP) is 1.78. The molecule has 0 heterocycles. The fourth-order valence-electron chi connectivity index (χ4n) is 1.27. The van der Waals surface area contributed by atoms with Crippen LogP contribution in [0, 0.1) is 20.2 Å². The molecule has 0 saturated heterocycles. The normalized spacial score (nSPS) is 9.94. The highest BCUT2D eigenvalue weighted by molar-refractivity contribution is 6.31. The van der Waals surface area contributed by atoms with Gasteiger partial charge in [0.2, 0.25) is 0 Å². The third-order valence-corrected chi connectivity index (χ3v) is 2.11. The zero-order valence-corrected chi connectivity index (χ0v) is 8.88. The summed E-state index contributed by atoms with van der Waals surface area (Å²) in [5, 5.41) is 29.7. The van der Waals surface area contributed by atoms with E-state index >= 15 is 0 Å². The molecule has 0 unspecified atom stereocenters. The van der Waals surface area contributed by atoms with Crippen molar-refractivity contribution in [3.63, 3.8) is 0 Å². The SMILES string of the molecule is O=C(O)Cc1c([N+](=O)[O-])cc(Cl)cc1[N+](=O)[O-]. The van der Waals surface area contributed by atoms with E-state index in [1.807, 2.05) is 0 Å². The molecule has 0 radical (unpaired) electrons. The number of nitrogens with zero attached hydrogens (tertiary/aromatic N) is 2. The molecule has 0 aliphatic heterocycles. The van der Waals surface area contributed by atoms with Crippen LogP contribution in [0.1, 0.15) is 5.56 Å². The smallest absolute Gasteiger partial charge is 0.308 e. The lowest BCUT2D eigenvalue weighted by Gasteiger charge is -2.02. The van der Waals surface area contributed by atoms with Gasteiger partial charge in [0.25, 0.3) is 11.4 Å². The second-order valence-corrected chi connectivity index (χ2v) is 3.44. The Morgan fingerprint density at radius 3 is 1.94 bits per heavy atom. The van der Waals surface area contributed by atoms with Crippen LogP contribution in [0.2, 0.25) is 5.02 Å². The Balaban J connectivity index is 3.52. The molecule has 90 valence electrons. The van der Waals surface area contributed by atoms with Gasteiger partial charge in [-0.15, -0.1) is 0 Å². The van der Waals surface area contributed by atoms with Crippen LogP contribution in [0.4, 0.5) is 11.4 Å². The zero-order chi connectivity index (χ0) is 13.2. The highest BCUT2D eigenvalue weighted by atomic mass is 35.5. The second-order valence-electron chi connectivity index (χ2n) is 3.01. The van der Waals surface area contributed by atoms with E-state index in [0.29, 0.717) is 0 Å². The Kier molecular flexibility index (Phi) is 3.59. The third-order valence-electron chi connectivity index (χ3n) is 1.89. The standard InChI is InChI=1S/C8H5ClN2O6/c9-4-1-6(10(14)15)5(3-8(12)13)7(2-4)11(16)17/h1-2H,3H2,(H,12,13). The van der Waals surface area contributed by atoms with Crippen molar-refractivity contribution in [2.45, 2.75) is 6.42 Å². The number of carboxylic acid groups (broad SMARTS) is 1. The number of rotatable bonds is 4. The van der Waals surface area contributed by atoms with Gasteiger partial charge in [-0.2, -0.15) is 0 Å². The molecule has 9 heteroatoms. The minimum Gasteiger partial charge on any atom is -0.481 e. The Hall–Kier alpha value is -2.22. The number of carbonyl (C=O) groups is 1. The number of halogens is 1. The first-order chi connectivity index (χ1) is 7.82. The van der Waals surface area contributed by atoms with Crippen LogP contribution in [0.15, 0.2) is 12.1 Å². The molecule has 1 N–H and O–H groups in total. The van der Waals surface area contributed by atoms with Gasteiger partial charge >= 0.3 is 5.97 Å². The van der Waals surface area contributed by atoms with Gasteiger partial charge in [-0.25, -0.2) is 0 Å². The van der Waals surface area contributed by atoms with Gasteiger partial charge in [0.05, 0.1) is 21.3 Å². The molecule has 17 heavy (non-hydrogen) atoms. The monoisotopic (exact) mass is 260 g/mol. The largest absolute Gasteiger partial charge is 0.481 e. The summed E-state index contributed by atoms with van der Waals surface area (Å²) in [4.78, 5) is 30.0. The van der Waals surface area contributed by atoms with Gasteiger partial charge in [-0.3, -0.25) is 25.0 Å². The van der Waals surface area contributed by atoms with Crippen molar-refractivity contribution >= 4 is 28.9 Å². The van der Waals surface area contributed by atoms with Crippen LogP contribution in [0.5, 0.6) is 0 Å².